The van der Waals surface area contributed by atoms with E-state index < -0.39 is 0 Å². The van der Waals surface area contributed by atoms with Crippen LogP contribution in [0.5, 0.6) is 0 Å². The summed E-state index contributed by atoms with van der Waals surface area (Å²) in [6, 6.07) is 0. The lowest BCUT2D eigenvalue weighted by Crippen LogP contribution is -2.67. The standard InChI is InChI=1S/C13H24N2O/c1-11(2)7-12(3,4)9-13(8-11)10(16)14-5-6-15-13/h15H,5-9H2,1-4H3,(H,14,16). The van der Waals surface area contributed by atoms with E-state index >= 15 is 0 Å². The Labute approximate surface area is 98.4 Å². The predicted molar refractivity (Wildman–Crippen MR) is 65.2 cm³/mol. The van der Waals surface area contributed by atoms with Crippen molar-refractivity contribution in [1.29, 1.82) is 0 Å². The largest absolute Gasteiger partial charge is 0.353 e. The molecule has 0 unspecified atom stereocenters. The summed E-state index contributed by atoms with van der Waals surface area (Å²) in [7, 11) is 0. The molecule has 2 fully saturated rings. The van der Waals surface area contributed by atoms with Crippen LogP contribution in [0.1, 0.15) is 47.0 Å². The lowest BCUT2D eigenvalue weighted by atomic mass is 9.58. The summed E-state index contributed by atoms with van der Waals surface area (Å²) in [5.74, 6) is 0.208. The molecular formula is C13H24N2O. The number of hydrogen-bond acceptors (Lipinski definition) is 2. The third-order valence-corrected chi connectivity index (χ3v) is 3.83. The van der Waals surface area contributed by atoms with Crippen LogP contribution in [-0.2, 0) is 4.79 Å². The number of carbonyl (C=O) groups is 1. The molecule has 3 heteroatoms. The molecule has 92 valence electrons. The first-order valence-corrected chi connectivity index (χ1v) is 6.28. The maximum Gasteiger partial charge on any atom is 0.240 e. The highest BCUT2D eigenvalue weighted by molar-refractivity contribution is 5.87. The summed E-state index contributed by atoms with van der Waals surface area (Å²) in [5.41, 5.74) is 0.163. The Hall–Kier alpha value is -0.570. The highest BCUT2D eigenvalue weighted by Crippen LogP contribution is 2.50. The second-order valence-electron chi connectivity index (χ2n) is 7.12. The van der Waals surface area contributed by atoms with Gasteiger partial charge in [-0.05, 0) is 30.1 Å². The average molecular weight is 224 g/mol. The van der Waals surface area contributed by atoms with Gasteiger partial charge in [0.25, 0.3) is 0 Å². The fourth-order valence-electron chi connectivity index (χ4n) is 4.13. The van der Waals surface area contributed by atoms with Gasteiger partial charge in [0.1, 0.15) is 0 Å². The van der Waals surface area contributed by atoms with Crippen LogP contribution in [0.15, 0.2) is 0 Å². The molecule has 1 heterocycles. The van der Waals surface area contributed by atoms with E-state index in [2.05, 4.69) is 38.3 Å². The molecule has 1 saturated heterocycles. The monoisotopic (exact) mass is 224 g/mol. The Balaban J connectivity index is 2.29. The quantitative estimate of drug-likeness (QED) is 0.657. The summed E-state index contributed by atoms with van der Waals surface area (Å²) >= 11 is 0. The molecule has 0 aromatic heterocycles. The molecule has 1 amide bonds. The topological polar surface area (TPSA) is 41.1 Å². The minimum atomic E-state index is -0.316. The van der Waals surface area contributed by atoms with Crippen molar-refractivity contribution in [1.82, 2.24) is 10.6 Å². The fraction of sp³-hybridized carbons (Fsp3) is 0.923. The summed E-state index contributed by atoms with van der Waals surface area (Å²) in [6.07, 6.45) is 3.10. The zero-order valence-electron chi connectivity index (χ0n) is 10.9. The Kier molecular flexibility index (Phi) is 2.57. The van der Waals surface area contributed by atoms with Crippen LogP contribution < -0.4 is 10.6 Å². The Morgan fingerprint density at radius 3 is 2.00 bits per heavy atom. The maximum absolute atomic E-state index is 12.2. The summed E-state index contributed by atoms with van der Waals surface area (Å²) in [4.78, 5) is 12.2. The molecule has 0 aromatic rings. The van der Waals surface area contributed by atoms with Gasteiger partial charge in [-0.25, -0.2) is 0 Å². The molecule has 16 heavy (non-hydrogen) atoms. The SMILES string of the molecule is CC1(C)CC(C)(C)CC2(C1)NCCNC2=O. The van der Waals surface area contributed by atoms with Crippen molar-refractivity contribution >= 4 is 5.91 Å². The van der Waals surface area contributed by atoms with Gasteiger partial charge in [0, 0.05) is 13.1 Å². The maximum atomic E-state index is 12.2. The van der Waals surface area contributed by atoms with Crippen molar-refractivity contribution in [3.05, 3.63) is 0 Å². The molecule has 1 saturated carbocycles. The number of hydrogen-bond donors (Lipinski definition) is 2. The van der Waals surface area contributed by atoms with Crippen LogP contribution in [0.3, 0.4) is 0 Å². The van der Waals surface area contributed by atoms with Crippen molar-refractivity contribution in [3.8, 4) is 0 Å². The number of nitrogens with one attached hydrogen (secondary N) is 2. The molecule has 2 N–H and O–H groups in total. The smallest absolute Gasteiger partial charge is 0.240 e. The van der Waals surface area contributed by atoms with E-state index in [1.165, 1.54) is 6.42 Å². The highest BCUT2D eigenvalue weighted by atomic mass is 16.2. The van der Waals surface area contributed by atoms with E-state index in [9.17, 15) is 4.79 Å². The third kappa shape index (κ3) is 2.10. The first-order chi connectivity index (χ1) is 7.25. The van der Waals surface area contributed by atoms with Crippen molar-refractivity contribution < 1.29 is 4.79 Å². The Morgan fingerprint density at radius 1 is 0.938 bits per heavy atom. The van der Waals surface area contributed by atoms with E-state index in [0.29, 0.717) is 0 Å². The van der Waals surface area contributed by atoms with Gasteiger partial charge in [-0.2, -0.15) is 0 Å². The molecule has 0 radical (unpaired) electrons. The van der Waals surface area contributed by atoms with Crippen molar-refractivity contribution in [2.75, 3.05) is 13.1 Å². The molecule has 2 rings (SSSR count). The first-order valence-electron chi connectivity index (χ1n) is 6.28. The number of piperazine rings is 1. The molecule has 3 nitrogen and oxygen atoms in total. The van der Waals surface area contributed by atoms with E-state index in [-0.39, 0.29) is 22.3 Å². The van der Waals surface area contributed by atoms with E-state index in [0.717, 1.165) is 25.9 Å². The molecule has 0 atom stereocenters. The van der Waals surface area contributed by atoms with E-state index in [4.69, 9.17) is 0 Å². The zero-order valence-corrected chi connectivity index (χ0v) is 10.9. The van der Waals surface area contributed by atoms with E-state index in [1.54, 1.807) is 0 Å². The van der Waals surface area contributed by atoms with Crippen molar-refractivity contribution in [2.24, 2.45) is 10.8 Å². The lowest BCUT2D eigenvalue weighted by Gasteiger charge is -2.52. The average Bonchev–Trinajstić information content (AvgIpc) is 2.04. The Bertz CT molecular complexity index is 291. The second kappa shape index (κ2) is 3.46. The fourth-order valence-corrected chi connectivity index (χ4v) is 4.13. The number of rotatable bonds is 0. The van der Waals surface area contributed by atoms with Gasteiger partial charge < -0.3 is 10.6 Å². The molecule has 1 aliphatic carbocycles. The predicted octanol–water partition coefficient (Wildman–Crippen LogP) is 1.68. The minimum absolute atomic E-state index is 0.208. The van der Waals surface area contributed by atoms with Crippen LogP contribution in [0, 0.1) is 10.8 Å². The molecule has 0 bridgehead atoms. The van der Waals surface area contributed by atoms with Crippen LogP contribution >= 0.6 is 0 Å². The van der Waals surface area contributed by atoms with Gasteiger partial charge in [0.2, 0.25) is 5.91 Å². The molecule has 1 spiro atoms. The van der Waals surface area contributed by atoms with Crippen LogP contribution in [0.4, 0.5) is 0 Å². The van der Waals surface area contributed by atoms with Crippen LogP contribution in [0.2, 0.25) is 0 Å². The number of amides is 1. The van der Waals surface area contributed by atoms with Gasteiger partial charge in [-0.3, -0.25) is 4.79 Å². The lowest BCUT2D eigenvalue weighted by molar-refractivity contribution is -0.135. The zero-order chi connectivity index (χ0) is 12.0. The summed E-state index contributed by atoms with van der Waals surface area (Å²) < 4.78 is 0. The van der Waals surface area contributed by atoms with Crippen LogP contribution in [-0.4, -0.2) is 24.5 Å². The number of carbonyl (C=O) groups excluding carboxylic acids is 1. The highest BCUT2D eigenvalue weighted by Gasteiger charge is 2.52. The summed E-state index contributed by atoms with van der Waals surface area (Å²) in [6.45, 7) is 10.8. The molecule has 0 aromatic carbocycles. The van der Waals surface area contributed by atoms with Crippen molar-refractivity contribution in [3.63, 3.8) is 0 Å². The molecule has 1 aliphatic heterocycles. The van der Waals surface area contributed by atoms with Gasteiger partial charge >= 0.3 is 0 Å². The Morgan fingerprint density at radius 2 is 1.50 bits per heavy atom. The van der Waals surface area contributed by atoms with Crippen LogP contribution in [0.25, 0.3) is 0 Å². The first kappa shape index (κ1) is 11.9. The second-order valence-corrected chi connectivity index (χ2v) is 7.12. The third-order valence-electron chi connectivity index (χ3n) is 3.83. The minimum Gasteiger partial charge on any atom is -0.353 e. The van der Waals surface area contributed by atoms with Gasteiger partial charge in [0.15, 0.2) is 0 Å². The normalized spacial score (nSPS) is 31.1. The summed E-state index contributed by atoms with van der Waals surface area (Å²) in [5, 5.41) is 6.50. The van der Waals surface area contributed by atoms with Gasteiger partial charge in [-0.15, -0.1) is 0 Å². The van der Waals surface area contributed by atoms with Gasteiger partial charge in [0.05, 0.1) is 5.54 Å². The van der Waals surface area contributed by atoms with E-state index in [1.807, 2.05) is 0 Å². The molecular weight excluding hydrogens is 200 g/mol. The molecule has 2 aliphatic rings. The van der Waals surface area contributed by atoms with Gasteiger partial charge in [-0.1, -0.05) is 27.7 Å². The van der Waals surface area contributed by atoms with Crippen molar-refractivity contribution in [2.45, 2.75) is 52.5 Å².